The number of nitrogens with zero attached hydrogens (tertiary/aromatic N) is 6. The quantitative estimate of drug-likeness (QED) is 0.589. The maximum Gasteiger partial charge on any atom is 0.253 e. The van der Waals surface area contributed by atoms with Crippen molar-refractivity contribution < 1.29 is 5.11 Å². The molecule has 0 aliphatic rings. The lowest BCUT2D eigenvalue weighted by Gasteiger charge is -2.12. The van der Waals surface area contributed by atoms with Gasteiger partial charge in [-0.15, -0.1) is 0 Å². The first kappa shape index (κ1) is 20.9. The van der Waals surface area contributed by atoms with E-state index in [0.29, 0.717) is 36.0 Å². The van der Waals surface area contributed by atoms with Crippen molar-refractivity contribution in [2.24, 2.45) is 4.99 Å². The Morgan fingerprint density at radius 2 is 1.97 bits per heavy atom. The van der Waals surface area contributed by atoms with E-state index in [9.17, 15) is 5.11 Å². The molecule has 2 N–H and O–H groups in total. The number of nitrogens with one attached hydrogen (secondary N) is 1. The first-order chi connectivity index (χ1) is 13.8. The van der Waals surface area contributed by atoms with Crippen molar-refractivity contribution in [3.05, 3.63) is 35.4 Å². The maximum atomic E-state index is 9.94. The molecule has 0 aliphatic carbocycles. The molecule has 0 saturated carbocycles. The molecule has 0 spiro atoms. The molecule has 0 amide bonds. The third-order valence-corrected chi connectivity index (χ3v) is 4.86. The Labute approximate surface area is 171 Å². The van der Waals surface area contributed by atoms with Crippen LogP contribution in [0.4, 0.5) is 11.8 Å². The summed E-state index contributed by atoms with van der Waals surface area (Å²) in [6.07, 6.45) is 3.63. The predicted octanol–water partition coefficient (Wildman–Crippen LogP) is 3.89. The van der Waals surface area contributed by atoms with Crippen LogP contribution in [0.25, 0.3) is 11.2 Å². The summed E-state index contributed by atoms with van der Waals surface area (Å²) in [6, 6.07) is 2.26. The molecule has 1 atom stereocenters. The number of aliphatic hydroxyl groups excluding tert-OH is 1. The minimum Gasteiger partial charge on any atom is -0.387 e. The standard InChI is InChI=1S/C21H29N7O/c1-7-17(15(6)29)25-21-26-19(18-20(27-21)28(11-24-18)12(2)3)23-10-16-9-22-14(5)8-13(16)4/h8-9,11-12,15,29H,7,10H2,1-6H3,(H,23,26,27)/b25-17-/t15-/m1/s1. The Kier molecular flexibility index (Phi) is 6.22. The number of imidazole rings is 1. The summed E-state index contributed by atoms with van der Waals surface area (Å²) in [7, 11) is 0. The van der Waals surface area contributed by atoms with Gasteiger partial charge < -0.3 is 15.0 Å². The molecule has 154 valence electrons. The number of aromatic nitrogens is 5. The number of hydrogen-bond acceptors (Lipinski definition) is 7. The van der Waals surface area contributed by atoms with E-state index in [1.807, 2.05) is 24.6 Å². The summed E-state index contributed by atoms with van der Waals surface area (Å²) >= 11 is 0. The molecule has 8 nitrogen and oxygen atoms in total. The summed E-state index contributed by atoms with van der Waals surface area (Å²) in [4.78, 5) is 22.6. The van der Waals surface area contributed by atoms with Gasteiger partial charge in [-0.25, -0.2) is 9.98 Å². The van der Waals surface area contributed by atoms with Crippen molar-refractivity contribution in [1.82, 2.24) is 24.5 Å². The van der Waals surface area contributed by atoms with Gasteiger partial charge in [0, 0.05) is 30.2 Å². The Balaban J connectivity index is 2.04. The molecular weight excluding hydrogens is 366 g/mol. The SMILES string of the molecule is CC/C(=N/c1nc(NCc2cnc(C)cc2C)c2ncn(C(C)C)c2n1)[C@@H](C)O. The zero-order chi connectivity index (χ0) is 21.1. The van der Waals surface area contributed by atoms with E-state index < -0.39 is 6.10 Å². The van der Waals surface area contributed by atoms with Crippen LogP contribution in [0.3, 0.4) is 0 Å². The molecule has 0 saturated heterocycles. The monoisotopic (exact) mass is 395 g/mol. The Morgan fingerprint density at radius 1 is 1.21 bits per heavy atom. The van der Waals surface area contributed by atoms with Crippen LogP contribution in [0.5, 0.6) is 0 Å². The highest BCUT2D eigenvalue weighted by atomic mass is 16.3. The van der Waals surface area contributed by atoms with E-state index in [-0.39, 0.29) is 6.04 Å². The highest BCUT2D eigenvalue weighted by Crippen LogP contribution is 2.25. The van der Waals surface area contributed by atoms with Gasteiger partial charge >= 0.3 is 0 Å². The molecule has 0 aliphatic heterocycles. The first-order valence-corrected chi connectivity index (χ1v) is 9.96. The number of hydrogen-bond donors (Lipinski definition) is 2. The van der Waals surface area contributed by atoms with Crippen molar-refractivity contribution >= 4 is 28.6 Å². The smallest absolute Gasteiger partial charge is 0.253 e. The minimum absolute atomic E-state index is 0.200. The molecule has 29 heavy (non-hydrogen) atoms. The van der Waals surface area contributed by atoms with E-state index in [1.165, 1.54) is 5.56 Å². The van der Waals surface area contributed by atoms with E-state index in [4.69, 9.17) is 0 Å². The Hall–Kier alpha value is -2.87. The van der Waals surface area contributed by atoms with Crippen molar-refractivity contribution in [1.29, 1.82) is 0 Å². The second kappa shape index (κ2) is 8.65. The van der Waals surface area contributed by atoms with Crippen LogP contribution in [0, 0.1) is 13.8 Å². The molecule has 0 fully saturated rings. The zero-order valence-electron chi connectivity index (χ0n) is 17.9. The minimum atomic E-state index is -0.646. The Bertz CT molecular complexity index is 1040. The van der Waals surface area contributed by atoms with Gasteiger partial charge in [0.2, 0.25) is 0 Å². The molecular formula is C21H29N7O. The topological polar surface area (TPSA) is 101 Å². The number of fused-ring (bicyclic) bond motifs is 1. The number of aliphatic imine (C=N–C) groups is 1. The fourth-order valence-electron chi connectivity index (χ4n) is 3.14. The summed E-state index contributed by atoms with van der Waals surface area (Å²) < 4.78 is 1.99. The number of rotatable bonds is 7. The highest BCUT2D eigenvalue weighted by molar-refractivity contribution is 5.90. The van der Waals surface area contributed by atoms with E-state index in [1.54, 1.807) is 13.3 Å². The van der Waals surface area contributed by atoms with Gasteiger partial charge in [0.25, 0.3) is 5.95 Å². The van der Waals surface area contributed by atoms with Crippen LogP contribution in [0.15, 0.2) is 23.6 Å². The maximum absolute atomic E-state index is 9.94. The predicted molar refractivity (Wildman–Crippen MR) is 116 cm³/mol. The summed E-state index contributed by atoms with van der Waals surface area (Å²) in [5.41, 5.74) is 5.32. The second-order valence-electron chi connectivity index (χ2n) is 7.53. The number of aryl methyl sites for hydroxylation is 2. The second-order valence-corrected chi connectivity index (χ2v) is 7.53. The van der Waals surface area contributed by atoms with E-state index in [0.717, 1.165) is 16.9 Å². The first-order valence-electron chi connectivity index (χ1n) is 9.96. The molecule has 3 rings (SSSR count). The van der Waals surface area contributed by atoms with Gasteiger partial charge in [0.15, 0.2) is 17.0 Å². The molecule has 3 heterocycles. The van der Waals surface area contributed by atoms with Gasteiger partial charge in [-0.1, -0.05) is 6.92 Å². The zero-order valence-corrected chi connectivity index (χ0v) is 17.9. The van der Waals surface area contributed by atoms with Crippen LogP contribution in [0.2, 0.25) is 0 Å². The summed E-state index contributed by atoms with van der Waals surface area (Å²) in [5.74, 6) is 0.938. The molecule has 8 heteroatoms. The molecule has 0 unspecified atom stereocenters. The molecule has 3 aromatic heterocycles. The van der Waals surface area contributed by atoms with E-state index in [2.05, 4.69) is 57.1 Å². The van der Waals surface area contributed by atoms with Crippen LogP contribution < -0.4 is 5.32 Å². The Morgan fingerprint density at radius 3 is 2.59 bits per heavy atom. The normalized spacial score (nSPS) is 13.3. The van der Waals surface area contributed by atoms with Crippen LogP contribution >= 0.6 is 0 Å². The van der Waals surface area contributed by atoms with Crippen LogP contribution in [0.1, 0.15) is 57.0 Å². The molecule has 0 radical (unpaired) electrons. The average molecular weight is 396 g/mol. The van der Waals surface area contributed by atoms with Crippen LogP contribution in [-0.4, -0.2) is 41.4 Å². The fourth-order valence-corrected chi connectivity index (χ4v) is 3.14. The van der Waals surface area contributed by atoms with Crippen molar-refractivity contribution in [2.75, 3.05) is 5.32 Å². The third kappa shape index (κ3) is 4.59. The third-order valence-electron chi connectivity index (χ3n) is 4.86. The lowest BCUT2D eigenvalue weighted by Crippen LogP contribution is -2.15. The number of pyridine rings is 1. The van der Waals surface area contributed by atoms with Gasteiger partial charge in [-0.3, -0.25) is 4.98 Å². The summed E-state index contributed by atoms with van der Waals surface area (Å²) in [6.45, 7) is 12.4. The fraction of sp³-hybridized carbons (Fsp3) is 0.476. The van der Waals surface area contributed by atoms with Gasteiger partial charge in [0.1, 0.15) is 0 Å². The van der Waals surface area contributed by atoms with Crippen LogP contribution in [-0.2, 0) is 6.54 Å². The number of anilines is 1. The lowest BCUT2D eigenvalue weighted by atomic mass is 10.1. The van der Waals surface area contributed by atoms with Gasteiger partial charge in [-0.05, 0) is 58.2 Å². The molecule has 0 aromatic carbocycles. The highest BCUT2D eigenvalue weighted by Gasteiger charge is 2.16. The van der Waals surface area contributed by atoms with Crippen molar-refractivity contribution in [2.45, 2.75) is 66.7 Å². The average Bonchev–Trinajstić information content (AvgIpc) is 3.09. The van der Waals surface area contributed by atoms with Gasteiger partial charge in [0.05, 0.1) is 12.4 Å². The lowest BCUT2D eigenvalue weighted by molar-refractivity contribution is 0.260. The van der Waals surface area contributed by atoms with Crippen molar-refractivity contribution in [3.63, 3.8) is 0 Å². The molecule has 0 bridgehead atoms. The summed E-state index contributed by atoms with van der Waals surface area (Å²) in [5, 5.41) is 13.3. The largest absolute Gasteiger partial charge is 0.387 e. The molecule has 3 aromatic rings. The van der Waals surface area contributed by atoms with Crippen molar-refractivity contribution in [3.8, 4) is 0 Å². The van der Waals surface area contributed by atoms with E-state index >= 15 is 0 Å². The van der Waals surface area contributed by atoms with Gasteiger partial charge in [-0.2, -0.15) is 9.97 Å². The number of aliphatic hydroxyl groups is 1.